The molecule has 11 heteroatoms. The lowest BCUT2D eigenvalue weighted by atomic mass is 10.3. The minimum atomic E-state index is -3.99. The summed E-state index contributed by atoms with van der Waals surface area (Å²) in [4.78, 5) is 22.3. The summed E-state index contributed by atoms with van der Waals surface area (Å²) in [6.45, 7) is -0.871. The van der Waals surface area contributed by atoms with Crippen molar-refractivity contribution in [2.75, 3.05) is 25.6 Å². The van der Waals surface area contributed by atoms with Crippen molar-refractivity contribution in [1.29, 1.82) is 0 Å². The second kappa shape index (κ2) is 7.75. The number of sulfonamides is 1. The fraction of sp³-hybridized carbons (Fsp3) is 0.273. The minimum absolute atomic E-state index is 0.0245. The highest BCUT2D eigenvalue weighted by Gasteiger charge is 2.17. The molecule has 8 nitrogen and oxygen atoms in total. The summed E-state index contributed by atoms with van der Waals surface area (Å²) in [5.41, 5.74) is -0.0245. The average molecular weight is 371 g/mol. The van der Waals surface area contributed by atoms with Gasteiger partial charge in [0.2, 0.25) is 10.0 Å². The molecule has 0 aliphatic carbocycles. The molecular weight excluding hydrogens is 359 g/mol. The monoisotopic (exact) mass is 370 g/mol. The number of nitrogens with two attached hydrogens (primary N) is 1. The number of amides is 1. The fourth-order valence-electron chi connectivity index (χ4n) is 1.31. The molecule has 0 saturated heterocycles. The molecule has 122 valence electrons. The number of carbonyl (C=O) groups is 2. The summed E-state index contributed by atoms with van der Waals surface area (Å²) in [7, 11) is -2.69. The van der Waals surface area contributed by atoms with Crippen LogP contribution in [0.25, 0.3) is 0 Å². The highest BCUT2D eigenvalue weighted by molar-refractivity contribution is 7.89. The zero-order valence-electron chi connectivity index (χ0n) is 11.3. The van der Waals surface area contributed by atoms with Gasteiger partial charge in [0.1, 0.15) is 6.61 Å². The molecule has 0 heterocycles. The first-order chi connectivity index (χ1) is 10.1. The molecule has 22 heavy (non-hydrogen) atoms. The Bertz CT molecular complexity index is 669. The van der Waals surface area contributed by atoms with E-state index in [4.69, 9.17) is 28.3 Å². The van der Waals surface area contributed by atoms with Gasteiger partial charge < -0.3 is 14.8 Å². The van der Waals surface area contributed by atoms with Crippen molar-refractivity contribution in [3.63, 3.8) is 0 Å². The van der Waals surface area contributed by atoms with Crippen LogP contribution in [0.3, 0.4) is 0 Å². The van der Waals surface area contributed by atoms with Crippen molar-refractivity contribution in [2.45, 2.75) is 4.90 Å². The smallest absolute Gasteiger partial charge is 0.332 e. The number of benzene rings is 1. The number of primary sulfonamides is 1. The molecule has 3 N–H and O–H groups in total. The predicted molar refractivity (Wildman–Crippen MR) is 79.3 cm³/mol. The van der Waals surface area contributed by atoms with Gasteiger partial charge in [0.15, 0.2) is 6.61 Å². The number of hydrogen-bond donors (Lipinski definition) is 2. The fourth-order valence-corrected chi connectivity index (χ4v) is 2.59. The highest BCUT2D eigenvalue weighted by atomic mass is 35.5. The molecule has 1 rings (SSSR count). The van der Waals surface area contributed by atoms with Gasteiger partial charge in [0, 0.05) is 7.11 Å². The van der Waals surface area contributed by atoms with Crippen molar-refractivity contribution in [3.8, 4) is 0 Å². The summed E-state index contributed by atoms with van der Waals surface area (Å²) in [6, 6.07) is 2.07. The average Bonchev–Trinajstić information content (AvgIpc) is 2.39. The molecule has 0 unspecified atom stereocenters. The molecule has 0 fully saturated rings. The predicted octanol–water partition coefficient (Wildman–Crippen LogP) is 0.769. The standard InChI is InChI=1S/C11H12Cl2N2O6S/c1-20-5-10(17)21-4-9(16)15-11-7(12)2-6(3-8(11)13)22(14,18)19/h2-3H,4-5H2,1H3,(H,15,16)(H2,14,18,19). The SMILES string of the molecule is COCC(=O)OCC(=O)Nc1c(Cl)cc(S(N)(=O)=O)cc1Cl. The molecule has 0 spiro atoms. The summed E-state index contributed by atoms with van der Waals surface area (Å²) < 4.78 is 31.5. The number of carbonyl (C=O) groups excluding carboxylic acids is 2. The topological polar surface area (TPSA) is 125 Å². The number of methoxy groups -OCH3 is 1. The van der Waals surface area contributed by atoms with Gasteiger partial charge >= 0.3 is 5.97 Å². The minimum Gasteiger partial charge on any atom is -0.454 e. The van der Waals surface area contributed by atoms with Gasteiger partial charge in [0.25, 0.3) is 5.91 Å². The third-order valence-corrected chi connectivity index (χ3v) is 3.72. The van der Waals surface area contributed by atoms with E-state index in [2.05, 4.69) is 14.8 Å². The van der Waals surface area contributed by atoms with E-state index in [0.717, 1.165) is 12.1 Å². The zero-order valence-corrected chi connectivity index (χ0v) is 13.6. The van der Waals surface area contributed by atoms with Crippen molar-refractivity contribution in [1.82, 2.24) is 0 Å². The maximum absolute atomic E-state index is 11.6. The Morgan fingerprint density at radius 2 is 1.77 bits per heavy atom. The summed E-state index contributed by atoms with van der Waals surface area (Å²) in [5.74, 6) is -1.43. The quantitative estimate of drug-likeness (QED) is 0.712. The number of rotatable bonds is 6. The van der Waals surface area contributed by atoms with E-state index in [1.807, 2.05) is 0 Å². The second-order valence-corrected chi connectivity index (χ2v) is 6.32. The first-order valence-electron chi connectivity index (χ1n) is 5.61. The van der Waals surface area contributed by atoms with Crippen molar-refractivity contribution >= 4 is 50.8 Å². The van der Waals surface area contributed by atoms with Gasteiger partial charge in [-0.25, -0.2) is 18.4 Å². The van der Waals surface area contributed by atoms with Crippen LogP contribution in [0.2, 0.25) is 10.0 Å². The van der Waals surface area contributed by atoms with Gasteiger partial charge in [-0.1, -0.05) is 23.2 Å². The summed E-state index contributed by atoms with van der Waals surface area (Å²) in [6.07, 6.45) is 0. The van der Waals surface area contributed by atoms with E-state index in [1.54, 1.807) is 0 Å². The Labute approximate surface area is 136 Å². The van der Waals surface area contributed by atoms with Crippen LogP contribution in [0.15, 0.2) is 17.0 Å². The van der Waals surface area contributed by atoms with Crippen LogP contribution in [-0.2, 0) is 29.1 Å². The van der Waals surface area contributed by atoms with Crippen LogP contribution in [0.1, 0.15) is 0 Å². The molecule has 1 aromatic carbocycles. The molecule has 0 aliphatic heterocycles. The molecule has 0 aromatic heterocycles. The number of anilines is 1. The Hall–Kier alpha value is -1.39. The van der Waals surface area contributed by atoms with Crippen LogP contribution < -0.4 is 10.5 Å². The van der Waals surface area contributed by atoms with Crippen LogP contribution in [0, 0.1) is 0 Å². The van der Waals surface area contributed by atoms with Crippen LogP contribution >= 0.6 is 23.2 Å². The van der Waals surface area contributed by atoms with Crippen molar-refractivity contribution in [2.24, 2.45) is 5.14 Å². The Balaban J connectivity index is 2.82. The maximum Gasteiger partial charge on any atom is 0.332 e. The van der Waals surface area contributed by atoms with E-state index < -0.39 is 28.5 Å². The largest absolute Gasteiger partial charge is 0.454 e. The zero-order chi connectivity index (χ0) is 16.9. The first kappa shape index (κ1) is 18.7. The molecule has 1 amide bonds. The van der Waals surface area contributed by atoms with E-state index >= 15 is 0 Å². The molecule has 0 saturated carbocycles. The number of hydrogen-bond acceptors (Lipinski definition) is 6. The molecule has 0 bridgehead atoms. The van der Waals surface area contributed by atoms with Gasteiger partial charge in [-0.3, -0.25) is 4.79 Å². The second-order valence-electron chi connectivity index (χ2n) is 3.95. The summed E-state index contributed by atoms with van der Waals surface area (Å²) in [5, 5.41) is 6.99. The van der Waals surface area contributed by atoms with Crippen LogP contribution in [0.4, 0.5) is 5.69 Å². The number of nitrogens with one attached hydrogen (secondary N) is 1. The van der Waals surface area contributed by atoms with Gasteiger partial charge in [-0.15, -0.1) is 0 Å². The van der Waals surface area contributed by atoms with Crippen molar-refractivity contribution < 1.29 is 27.5 Å². The number of ether oxygens (including phenoxy) is 2. The van der Waals surface area contributed by atoms with E-state index in [9.17, 15) is 18.0 Å². The van der Waals surface area contributed by atoms with Crippen molar-refractivity contribution in [3.05, 3.63) is 22.2 Å². The van der Waals surface area contributed by atoms with Crippen LogP contribution in [0.5, 0.6) is 0 Å². The van der Waals surface area contributed by atoms with Crippen LogP contribution in [-0.4, -0.2) is 40.6 Å². The molecular formula is C11H12Cl2N2O6S. The van der Waals surface area contributed by atoms with E-state index in [-0.39, 0.29) is 27.2 Å². The van der Waals surface area contributed by atoms with E-state index in [0.29, 0.717) is 0 Å². The summed E-state index contributed by atoms with van der Waals surface area (Å²) >= 11 is 11.7. The Kier molecular flexibility index (Phi) is 6.57. The number of esters is 1. The number of halogens is 2. The molecule has 0 radical (unpaired) electrons. The Morgan fingerprint density at radius 3 is 2.23 bits per heavy atom. The Morgan fingerprint density at radius 1 is 1.23 bits per heavy atom. The first-order valence-corrected chi connectivity index (χ1v) is 7.91. The third kappa shape index (κ3) is 5.43. The lowest BCUT2D eigenvalue weighted by Gasteiger charge is -2.11. The highest BCUT2D eigenvalue weighted by Crippen LogP contribution is 2.33. The van der Waals surface area contributed by atoms with E-state index in [1.165, 1.54) is 7.11 Å². The molecule has 0 aliphatic rings. The maximum atomic E-state index is 11.6. The van der Waals surface area contributed by atoms with Gasteiger partial charge in [-0.2, -0.15) is 0 Å². The normalized spacial score (nSPS) is 11.1. The lowest BCUT2D eigenvalue weighted by Crippen LogP contribution is -2.23. The van der Waals surface area contributed by atoms with Gasteiger partial charge in [-0.05, 0) is 12.1 Å². The molecule has 0 atom stereocenters. The lowest BCUT2D eigenvalue weighted by molar-refractivity contribution is -0.150. The molecule has 1 aromatic rings. The third-order valence-electron chi connectivity index (χ3n) is 2.24. The van der Waals surface area contributed by atoms with Gasteiger partial charge in [0.05, 0.1) is 20.6 Å².